The van der Waals surface area contributed by atoms with Crippen molar-refractivity contribution in [1.29, 1.82) is 0 Å². The van der Waals surface area contributed by atoms with Gasteiger partial charge in [0.1, 0.15) is 5.82 Å². The lowest BCUT2D eigenvalue weighted by Gasteiger charge is -2.12. The first-order valence-corrected chi connectivity index (χ1v) is 9.29. The summed E-state index contributed by atoms with van der Waals surface area (Å²) >= 11 is 0. The van der Waals surface area contributed by atoms with E-state index in [9.17, 15) is 9.90 Å². The van der Waals surface area contributed by atoms with Gasteiger partial charge in [0.05, 0.1) is 12.5 Å². The highest BCUT2D eigenvalue weighted by molar-refractivity contribution is 5.91. The number of aromatic nitrogens is 2. The molecule has 6 nitrogen and oxygen atoms in total. The first-order chi connectivity index (χ1) is 13.7. The van der Waals surface area contributed by atoms with Gasteiger partial charge >= 0.3 is 0 Å². The van der Waals surface area contributed by atoms with Gasteiger partial charge in [0, 0.05) is 24.6 Å². The van der Waals surface area contributed by atoms with E-state index in [-0.39, 0.29) is 12.3 Å². The van der Waals surface area contributed by atoms with E-state index in [0.29, 0.717) is 12.4 Å². The van der Waals surface area contributed by atoms with Crippen molar-refractivity contribution < 1.29 is 9.90 Å². The Labute approximate surface area is 164 Å². The third-order valence-corrected chi connectivity index (χ3v) is 4.29. The molecule has 144 valence electrons. The monoisotopic (exact) mass is 376 g/mol. The molecule has 1 amide bonds. The number of carbonyl (C=O) groups is 1. The number of rotatable bonds is 9. The number of benzene rings is 2. The van der Waals surface area contributed by atoms with Crippen LogP contribution in [-0.2, 0) is 17.6 Å². The van der Waals surface area contributed by atoms with E-state index in [4.69, 9.17) is 0 Å². The molecule has 1 aromatic heterocycles. The van der Waals surface area contributed by atoms with E-state index in [0.717, 1.165) is 29.8 Å². The first-order valence-electron chi connectivity index (χ1n) is 9.29. The van der Waals surface area contributed by atoms with Gasteiger partial charge in [-0.2, -0.15) is 0 Å². The van der Waals surface area contributed by atoms with Gasteiger partial charge in [-0.3, -0.25) is 4.79 Å². The summed E-state index contributed by atoms with van der Waals surface area (Å²) in [7, 11) is 0. The van der Waals surface area contributed by atoms with Crippen LogP contribution >= 0.6 is 0 Å². The van der Waals surface area contributed by atoms with Crippen LogP contribution in [-0.4, -0.2) is 34.1 Å². The predicted molar refractivity (Wildman–Crippen MR) is 109 cm³/mol. The molecule has 6 heteroatoms. The Bertz CT molecular complexity index is 855. The molecule has 2 aromatic carbocycles. The summed E-state index contributed by atoms with van der Waals surface area (Å²) in [5, 5.41) is 16.3. The lowest BCUT2D eigenvalue weighted by molar-refractivity contribution is -0.115. The normalized spacial score (nSPS) is 11.8. The van der Waals surface area contributed by atoms with Crippen LogP contribution in [0.2, 0.25) is 0 Å². The minimum absolute atomic E-state index is 0.143. The Hall–Kier alpha value is -3.09. The zero-order chi connectivity index (χ0) is 19.6. The number of nitrogens with one attached hydrogen (secondary N) is 2. The van der Waals surface area contributed by atoms with Crippen LogP contribution in [0.25, 0.3) is 0 Å². The Balaban J connectivity index is 1.39. The van der Waals surface area contributed by atoms with E-state index in [1.165, 1.54) is 0 Å². The molecular formula is C22H24N4O2. The summed E-state index contributed by atoms with van der Waals surface area (Å²) in [6.45, 7) is 1.28. The van der Waals surface area contributed by atoms with Gasteiger partial charge in [0.25, 0.3) is 0 Å². The average Bonchev–Trinajstić information content (AvgIpc) is 2.73. The smallest absolute Gasteiger partial charge is 0.232 e. The zero-order valence-electron chi connectivity index (χ0n) is 15.6. The molecular weight excluding hydrogens is 352 g/mol. The van der Waals surface area contributed by atoms with Crippen LogP contribution in [0.1, 0.15) is 23.1 Å². The van der Waals surface area contributed by atoms with Crippen molar-refractivity contribution in [2.75, 3.05) is 18.4 Å². The van der Waals surface area contributed by atoms with Crippen molar-refractivity contribution in [3.8, 4) is 0 Å². The zero-order valence-corrected chi connectivity index (χ0v) is 15.6. The van der Waals surface area contributed by atoms with E-state index in [1.807, 2.05) is 54.6 Å². The number of anilines is 1. The Kier molecular flexibility index (Phi) is 7.23. The van der Waals surface area contributed by atoms with Crippen molar-refractivity contribution in [1.82, 2.24) is 15.3 Å². The maximum absolute atomic E-state index is 12.0. The highest BCUT2D eigenvalue weighted by Crippen LogP contribution is 2.12. The van der Waals surface area contributed by atoms with Gasteiger partial charge in [-0.05, 0) is 42.3 Å². The summed E-state index contributed by atoms with van der Waals surface area (Å²) in [5.41, 5.74) is 2.82. The molecule has 0 aliphatic heterocycles. The quantitative estimate of drug-likeness (QED) is 0.500. The second-order valence-electron chi connectivity index (χ2n) is 6.47. The van der Waals surface area contributed by atoms with Crippen LogP contribution in [0.4, 0.5) is 5.69 Å². The molecule has 0 aliphatic rings. The molecule has 0 saturated heterocycles. The fraction of sp³-hybridized carbons (Fsp3) is 0.227. The number of hydrogen-bond acceptors (Lipinski definition) is 5. The average molecular weight is 376 g/mol. The highest BCUT2D eigenvalue weighted by Gasteiger charge is 2.07. The van der Waals surface area contributed by atoms with Gasteiger partial charge < -0.3 is 15.7 Å². The van der Waals surface area contributed by atoms with Crippen LogP contribution in [0, 0.1) is 0 Å². The second-order valence-corrected chi connectivity index (χ2v) is 6.47. The van der Waals surface area contributed by atoms with Crippen LogP contribution in [0.15, 0.2) is 73.1 Å². The number of amides is 1. The summed E-state index contributed by atoms with van der Waals surface area (Å²) in [5.74, 6) is 0.357. The molecule has 1 atom stereocenters. The van der Waals surface area contributed by atoms with Crippen LogP contribution < -0.4 is 10.6 Å². The Morgan fingerprint density at radius 2 is 1.68 bits per heavy atom. The number of carbonyl (C=O) groups excluding carboxylic acids is 1. The second kappa shape index (κ2) is 10.3. The molecule has 0 bridgehead atoms. The summed E-state index contributed by atoms with van der Waals surface area (Å²) in [6.07, 6.45) is 3.73. The van der Waals surface area contributed by atoms with Gasteiger partial charge in [-0.15, -0.1) is 0 Å². The molecule has 0 saturated carbocycles. The van der Waals surface area contributed by atoms with Crippen molar-refractivity contribution in [3.63, 3.8) is 0 Å². The lowest BCUT2D eigenvalue weighted by atomic mass is 10.1. The largest absolute Gasteiger partial charge is 0.387 e. The van der Waals surface area contributed by atoms with Crippen molar-refractivity contribution in [3.05, 3.63) is 90.0 Å². The SMILES string of the molecule is O=C(Cc1ncccn1)Nc1ccc(CCNCC(O)c2ccccc2)cc1. The van der Waals surface area contributed by atoms with E-state index in [2.05, 4.69) is 20.6 Å². The molecule has 3 N–H and O–H groups in total. The van der Waals surface area contributed by atoms with E-state index >= 15 is 0 Å². The van der Waals surface area contributed by atoms with Gasteiger partial charge in [-0.1, -0.05) is 42.5 Å². The first kappa shape index (κ1) is 19.7. The molecule has 0 spiro atoms. The molecule has 0 fully saturated rings. The minimum atomic E-state index is -0.507. The number of hydrogen-bond donors (Lipinski definition) is 3. The summed E-state index contributed by atoms with van der Waals surface area (Å²) < 4.78 is 0. The predicted octanol–water partition coefficient (Wildman–Crippen LogP) is 2.52. The topological polar surface area (TPSA) is 87.1 Å². The van der Waals surface area contributed by atoms with E-state index < -0.39 is 6.10 Å². The van der Waals surface area contributed by atoms with Crippen molar-refractivity contribution in [2.45, 2.75) is 18.9 Å². The molecule has 1 unspecified atom stereocenters. The molecule has 3 rings (SSSR count). The number of aliphatic hydroxyl groups is 1. The van der Waals surface area contributed by atoms with Crippen LogP contribution in [0.3, 0.4) is 0 Å². The molecule has 0 radical (unpaired) electrons. The molecule has 3 aromatic rings. The molecule has 0 aliphatic carbocycles. The minimum Gasteiger partial charge on any atom is -0.387 e. The van der Waals surface area contributed by atoms with Gasteiger partial charge in [0.15, 0.2) is 0 Å². The number of nitrogens with zero attached hydrogens (tertiary/aromatic N) is 2. The number of aliphatic hydroxyl groups excluding tert-OH is 1. The summed E-state index contributed by atoms with van der Waals surface area (Å²) in [6, 6.07) is 19.1. The van der Waals surface area contributed by atoms with Crippen LogP contribution in [0.5, 0.6) is 0 Å². The fourth-order valence-electron chi connectivity index (χ4n) is 2.79. The maximum atomic E-state index is 12.0. The van der Waals surface area contributed by atoms with Crippen molar-refractivity contribution in [2.24, 2.45) is 0 Å². The third kappa shape index (κ3) is 6.26. The summed E-state index contributed by atoms with van der Waals surface area (Å²) in [4.78, 5) is 20.1. The Morgan fingerprint density at radius 3 is 2.39 bits per heavy atom. The van der Waals surface area contributed by atoms with Gasteiger partial charge in [0.2, 0.25) is 5.91 Å². The fourth-order valence-corrected chi connectivity index (χ4v) is 2.79. The van der Waals surface area contributed by atoms with Crippen molar-refractivity contribution >= 4 is 11.6 Å². The highest BCUT2D eigenvalue weighted by atomic mass is 16.3. The van der Waals surface area contributed by atoms with Gasteiger partial charge in [-0.25, -0.2) is 9.97 Å². The lowest BCUT2D eigenvalue weighted by Crippen LogP contribution is -2.23. The Morgan fingerprint density at radius 1 is 0.964 bits per heavy atom. The maximum Gasteiger partial charge on any atom is 0.232 e. The van der Waals surface area contributed by atoms with E-state index in [1.54, 1.807) is 18.5 Å². The standard InChI is InChI=1S/C22H24N4O2/c27-20(18-5-2-1-3-6-18)16-23-14-11-17-7-9-19(10-8-17)26-22(28)15-21-24-12-4-13-25-21/h1-10,12-13,20,23,27H,11,14-16H2,(H,26,28). The molecule has 28 heavy (non-hydrogen) atoms. The molecule has 1 heterocycles. The third-order valence-electron chi connectivity index (χ3n) is 4.29.